The molecule has 32 heavy (non-hydrogen) atoms. The maximum absolute atomic E-state index is 12.8. The molecule has 5 rings (SSSR count). The highest BCUT2D eigenvalue weighted by Crippen LogP contribution is 2.24. The van der Waals surface area contributed by atoms with Crippen LogP contribution in [0.4, 0.5) is 0 Å². The lowest BCUT2D eigenvalue weighted by Gasteiger charge is -2.34. The lowest BCUT2D eigenvalue weighted by atomic mass is 10.2. The molecule has 1 aliphatic rings. The molecule has 1 amide bonds. The van der Waals surface area contributed by atoms with Gasteiger partial charge in [-0.2, -0.15) is 9.61 Å². The number of benzene rings is 2. The van der Waals surface area contributed by atoms with Gasteiger partial charge in [0.25, 0.3) is 11.5 Å². The van der Waals surface area contributed by atoms with Crippen molar-refractivity contribution in [2.24, 2.45) is 0 Å². The van der Waals surface area contributed by atoms with Crippen LogP contribution in [0.25, 0.3) is 15.5 Å². The smallest absolute Gasteiger partial charge is 0.275 e. The van der Waals surface area contributed by atoms with E-state index >= 15 is 0 Å². The standard InChI is InChI=1S/C23H20BrN5O2S/c24-19-9-5-4-8-18(19)22(31)28-12-10-27(11-13-28)15-17-14-20(30)29-23(25-17)32-21(26-29)16-6-2-1-3-7-16/h1-9,14H,10-13,15H2. The summed E-state index contributed by atoms with van der Waals surface area (Å²) >= 11 is 4.87. The van der Waals surface area contributed by atoms with Gasteiger partial charge in [-0.05, 0) is 28.1 Å². The van der Waals surface area contributed by atoms with Crippen molar-refractivity contribution < 1.29 is 4.79 Å². The maximum Gasteiger partial charge on any atom is 0.275 e. The van der Waals surface area contributed by atoms with Crippen molar-refractivity contribution in [3.05, 3.63) is 86.7 Å². The predicted octanol–water partition coefficient (Wildman–Crippen LogP) is 3.54. The van der Waals surface area contributed by atoms with Gasteiger partial charge in [-0.15, -0.1) is 0 Å². The summed E-state index contributed by atoms with van der Waals surface area (Å²) in [6.07, 6.45) is 0. The fourth-order valence-electron chi connectivity index (χ4n) is 3.78. The van der Waals surface area contributed by atoms with Gasteiger partial charge in [-0.25, -0.2) is 4.98 Å². The molecule has 7 nitrogen and oxygen atoms in total. The van der Waals surface area contributed by atoms with Gasteiger partial charge < -0.3 is 4.90 Å². The molecule has 1 saturated heterocycles. The summed E-state index contributed by atoms with van der Waals surface area (Å²) in [5.41, 5.74) is 2.20. The van der Waals surface area contributed by atoms with Crippen LogP contribution in [0.5, 0.6) is 0 Å². The van der Waals surface area contributed by atoms with Crippen LogP contribution in [0.15, 0.2) is 69.9 Å². The number of amides is 1. The fourth-order valence-corrected chi connectivity index (χ4v) is 5.16. The van der Waals surface area contributed by atoms with Crippen LogP contribution in [-0.4, -0.2) is 56.5 Å². The van der Waals surface area contributed by atoms with E-state index in [2.05, 4.69) is 30.9 Å². The van der Waals surface area contributed by atoms with Crippen molar-refractivity contribution in [2.75, 3.05) is 26.2 Å². The van der Waals surface area contributed by atoms with Gasteiger partial charge in [0.2, 0.25) is 4.96 Å². The Balaban J connectivity index is 1.28. The van der Waals surface area contributed by atoms with Gasteiger partial charge in [0, 0.05) is 48.8 Å². The molecule has 0 atom stereocenters. The normalized spacial score (nSPS) is 14.7. The zero-order chi connectivity index (χ0) is 22.1. The third-order valence-corrected chi connectivity index (χ3v) is 7.12. The summed E-state index contributed by atoms with van der Waals surface area (Å²) < 4.78 is 2.18. The van der Waals surface area contributed by atoms with Crippen molar-refractivity contribution >= 4 is 38.1 Å². The number of aromatic nitrogens is 3. The van der Waals surface area contributed by atoms with E-state index in [1.807, 2.05) is 59.5 Å². The number of piperazine rings is 1. The number of carbonyl (C=O) groups excluding carboxylic acids is 1. The Morgan fingerprint density at radius 2 is 1.72 bits per heavy atom. The van der Waals surface area contributed by atoms with Crippen molar-refractivity contribution in [1.82, 2.24) is 24.4 Å². The van der Waals surface area contributed by atoms with Gasteiger partial charge in [-0.3, -0.25) is 14.5 Å². The molecule has 0 unspecified atom stereocenters. The van der Waals surface area contributed by atoms with E-state index in [4.69, 9.17) is 0 Å². The Bertz CT molecular complexity index is 1330. The third kappa shape index (κ3) is 4.23. The SMILES string of the molecule is O=C(c1ccccc1Br)N1CCN(Cc2cc(=O)n3nc(-c4ccccc4)sc3n2)CC1. The predicted molar refractivity (Wildman–Crippen MR) is 128 cm³/mol. The molecule has 1 fully saturated rings. The lowest BCUT2D eigenvalue weighted by Crippen LogP contribution is -2.48. The van der Waals surface area contributed by atoms with Crippen molar-refractivity contribution in [3.8, 4) is 10.6 Å². The number of fused-ring (bicyclic) bond motifs is 1. The topological polar surface area (TPSA) is 70.8 Å². The van der Waals surface area contributed by atoms with Gasteiger partial charge in [0.05, 0.1) is 11.3 Å². The number of rotatable bonds is 4. The minimum atomic E-state index is -0.175. The molecule has 162 valence electrons. The van der Waals surface area contributed by atoms with Crippen LogP contribution >= 0.6 is 27.3 Å². The van der Waals surface area contributed by atoms with Crippen molar-refractivity contribution in [3.63, 3.8) is 0 Å². The molecular weight excluding hydrogens is 490 g/mol. The van der Waals surface area contributed by atoms with Gasteiger partial charge in [-0.1, -0.05) is 53.8 Å². The van der Waals surface area contributed by atoms with Crippen LogP contribution in [0, 0.1) is 0 Å². The number of hydrogen-bond donors (Lipinski definition) is 0. The largest absolute Gasteiger partial charge is 0.336 e. The van der Waals surface area contributed by atoms with Crippen LogP contribution in [0.2, 0.25) is 0 Å². The van der Waals surface area contributed by atoms with Crippen molar-refractivity contribution in [1.29, 1.82) is 0 Å². The number of hydrogen-bond acceptors (Lipinski definition) is 6. The molecule has 0 aliphatic carbocycles. The first-order valence-corrected chi connectivity index (χ1v) is 11.9. The van der Waals surface area contributed by atoms with E-state index in [-0.39, 0.29) is 11.5 Å². The second kappa shape index (κ2) is 8.93. The summed E-state index contributed by atoms with van der Waals surface area (Å²) in [6, 6.07) is 18.8. The first kappa shape index (κ1) is 21.0. The number of carbonyl (C=O) groups is 1. The molecule has 0 bridgehead atoms. The minimum Gasteiger partial charge on any atom is -0.336 e. The van der Waals surface area contributed by atoms with Crippen LogP contribution < -0.4 is 5.56 Å². The Morgan fingerprint density at radius 1 is 1.00 bits per heavy atom. The molecule has 0 spiro atoms. The molecule has 4 aromatic rings. The maximum atomic E-state index is 12.8. The average molecular weight is 510 g/mol. The van der Waals surface area contributed by atoms with Gasteiger partial charge in [0.1, 0.15) is 5.01 Å². The highest BCUT2D eigenvalue weighted by atomic mass is 79.9. The zero-order valence-electron chi connectivity index (χ0n) is 17.1. The Hall–Kier alpha value is -2.88. The Kier molecular flexibility index (Phi) is 5.86. The Labute approximate surface area is 197 Å². The van der Waals surface area contributed by atoms with Gasteiger partial charge in [0.15, 0.2) is 0 Å². The zero-order valence-corrected chi connectivity index (χ0v) is 19.6. The van der Waals surface area contributed by atoms with Crippen LogP contribution in [0.3, 0.4) is 0 Å². The van der Waals surface area contributed by atoms with E-state index in [1.165, 1.54) is 15.9 Å². The quantitative estimate of drug-likeness (QED) is 0.420. The first-order valence-electron chi connectivity index (χ1n) is 10.3. The van der Waals surface area contributed by atoms with Gasteiger partial charge >= 0.3 is 0 Å². The average Bonchev–Trinajstić information content (AvgIpc) is 3.25. The molecule has 0 radical (unpaired) electrons. The number of halogens is 1. The monoisotopic (exact) mass is 509 g/mol. The van der Waals surface area contributed by atoms with E-state index in [1.54, 1.807) is 6.07 Å². The minimum absolute atomic E-state index is 0.0352. The fraction of sp³-hybridized carbons (Fsp3) is 0.217. The van der Waals surface area contributed by atoms with E-state index in [0.717, 1.165) is 33.8 Å². The van der Waals surface area contributed by atoms with E-state index in [0.29, 0.717) is 30.2 Å². The molecule has 0 N–H and O–H groups in total. The second-order valence-electron chi connectivity index (χ2n) is 7.60. The molecular formula is C23H20BrN5O2S. The second-order valence-corrected chi connectivity index (χ2v) is 9.41. The summed E-state index contributed by atoms with van der Waals surface area (Å²) in [7, 11) is 0. The molecule has 1 aliphatic heterocycles. The number of nitrogens with zero attached hydrogens (tertiary/aromatic N) is 5. The molecule has 2 aromatic heterocycles. The third-order valence-electron chi connectivity index (χ3n) is 5.47. The van der Waals surface area contributed by atoms with Crippen LogP contribution in [0.1, 0.15) is 16.1 Å². The van der Waals surface area contributed by atoms with E-state index < -0.39 is 0 Å². The van der Waals surface area contributed by atoms with E-state index in [9.17, 15) is 9.59 Å². The highest BCUT2D eigenvalue weighted by Gasteiger charge is 2.24. The summed E-state index contributed by atoms with van der Waals surface area (Å²) in [5, 5.41) is 5.20. The molecule has 2 aromatic carbocycles. The van der Waals surface area contributed by atoms with Crippen molar-refractivity contribution in [2.45, 2.75) is 6.54 Å². The van der Waals surface area contributed by atoms with Crippen LogP contribution in [-0.2, 0) is 6.54 Å². The highest BCUT2D eigenvalue weighted by molar-refractivity contribution is 9.10. The molecule has 3 heterocycles. The summed E-state index contributed by atoms with van der Waals surface area (Å²) in [6.45, 7) is 3.31. The first-order chi connectivity index (χ1) is 15.6. The summed E-state index contributed by atoms with van der Waals surface area (Å²) in [4.78, 5) is 34.8. The molecule has 9 heteroatoms. The molecule has 0 saturated carbocycles. The lowest BCUT2D eigenvalue weighted by molar-refractivity contribution is 0.0626. The summed E-state index contributed by atoms with van der Waals surface area (Å²) in [5.74, 6) is 0.0352. The Morgan fingerprint density at radius 3 is 2.47 bits per heavy atom.